The smallest absolute Gasteiger partial charge is 0.262 e. The molecule has 0 aliphatic carbocycles. The molecule has 0 aliphatic rings. The first-order valence-electron chi connectivity index (χ1n) is 7.53. The zero-order valence-corrected chi connectivity index (χ0v) is 13.7. The fourth-order valence-corrected chi connectivity index (χ4v) is 2.76. The highest BCUT2D eigenvalue weighted by atomic mass is 35.5. The van der Waals surface area contributed by atoms with Crippen molar-refractivity contribution in [2.24, 2.45) is 0 Å². The van der Waals surface area contributed by atoms with Crippen LogP contribution in [0.1, 0.15) is 0 Å². The number of hydrogen-bond donors (Lipinski definition) is 2. The van der Waals surface area contributed by atoms with E-state index >= 15 is 0 Å². The third-order valence-electron chi connectivity index (χ3n) is 3.71. The van der Waals surface area contributed by atoms with Gasteiger partial charge in [0.2, 0.25) is 5.95 Å². The molecule has 25 heavy (non-hydrogen) atoms. The highest BCUT2D eigenvalue weighted by Crippen LogP contribution is 2.26. The van der Waals surface area contributed by atoms with E-state index in [1.807, 2.05) is 24.3 Å². The molecule has 0 radical (unpaired) electrons. The van der Waals surface area contributed by atoms with Crippen LogP contribution in [0.15, 0.2) is 65.8 Å². The molecule has 6 nitrogen and oxygen atoms in total. The minimum atomic E-state index is -0.286. The number of rotatable bonds is 3. The number of hydrogen-bond acceptors (Lipinski definition) is 5. The topological polar surface area (TPSA) is 83.6 Å². The van der Waals surface area contributed by atoms with E-state index in [0.29, 0.717) is 21.7 Å². The predicted molar refractivity (Wildman–Crippen MR) is 98.1 cm³/mol. The molecule has 3 heterocycles. The summed E-state index contributed by atoms with van der Waals surface area (Å²) in [5.41, 5.74) is 2.27. The van der Waals surface area contributed by atoms with Crippen LogP contribution in [0.3, 0.4) is 0 Å². The Kier molecular flexibility index (Phi) is 3.87. The molecule has 0 unspecified atom stereocenters. The van der Waals surface area contributed by atoms with E-state index in [2.05, 4.69) is 25.3 Å². The number of anilines is 2. The van der Waals surface area contributed by atoms with Crippen molar-refractivity contribution in [1.29, 1.82) is 0 Å². The van der Waals surface area contributed by atoms with Crippen molar-refractivity contribution in [3.8, 4) is 11.1 Å². The van der Waals surface area contributed by atoms with Gasteiger partial charge in [-0.1, -0.05) is 29.8 Å². The molecular formula is C18H12ClN5O. The van der Waals surface area contributed by atoms with Crippen molar-refractivity contribution in [2.45, 2.75) is 0 Å². The highest BCUT2D eigenvalue weighted by Gasteiger charge is 2.12. The SMILES string of the molecule is O=c1[nH]c(Nc2ccccc2Cl)nc2nccc(-c3cccnc3)c12. The van der Waals surface area contributed by atoms with Crippen LogP contribution in [0.4, 0.5) is 11.6 Å². The second-order valence-electron chi connectivity index (χ2n) is 5.32. The fourth-order valence-electron chi connectivity index (χ4n) is 2.58. The molecule has 4 aromatic rings. The van der Waals surface area contributed by atoms with Gasteiger partial charge in [0.25, 0.3) is 5.56 Å². The van der Waals surface area contributed by atoms with Crippen molar-refractivity contribution >= 4 is 34.3 Å². The molecular weight excluding hydrogens is 338 g/mol. The number of fused-ring (bicyclic) bond motifs is 1. The van der Waals surface area contributed by atoms with E-state index in [4.69, 9.17) is 11.6 Å². The molecule has 0 bridgehead atoms. The van der Waals surface area contributed by atoms with Crippen molar-refractivity contribution in [3.05, 3.63) is 76.4 Å². The van der Waals surface area contributed by atoms with Gasteiger partial charge in [-0.3, -0.25) is 14.8 Å². The Hall–Kier alpha value is -3.25. The second-order valence-corrected chi connectivity index (χ2v) is 5.73. The number of nitrogens with one attached hydrogen (secondary N) is 2. The summed E-state index contributed by atoms with van der Waals surface area (Å²) < 4.78 is 0. The third kappa shape index (κ3) is 2.95. The van der Waals surface area contributed by atoms with Crippen LogP contribution >= 0.6 is 11.6 Å². The molecule has 0 fully saturated rings. The molecule has 0 aliphatic heterocycles. The van der Waals surface area contributed by atoms with Crippen LogP contribution in [0, 0.1) is 0 Å². The molecule has 0 saturated heterocycles. The van der Waals surface area contributed by atoms with Crippen LogP contribution < -0.4 is 10.9 Å². The van der Waals surface area contributed by atoms with E-state index in [-0.39, 0.29) is 11.5 Å². The predicted octanol–water partition coefficient (Wildman–Crippen LogP) is 3.78. The van der Waals surface area contributed by atoms with Gasteiger partial charge in [0, 0.05) is 29.7 Å². The summed E-state index contributed by atoms with van der Waals surface area (Å²) in [7, 11) is 0. The number of para-hydroxylation sites is 1. The molecule has 0 spiro atoms. The molecule has 122 valence electrons. The lowest BCUT2D eigenvalue weighted by Crippen LogP contribution is -2.13. The zero-order chi connectivity index (χ0) is 17.2. The number of pyridine rings is 2. The summed E-state index contributed by atoms with van der Waals surface area (Å²) in [5, 5.41) is 3.96. The van der Waals surface area contributed by atoms with E-state index in [0.717, 1.165) is 11.1 Å². The summed E-state index contributed by atoms with van der Waals surface area (Å²) in [6, 6.07) is 12.7. The van der Waals surface area contributed by atoms with Gasteiger partial charge in [-0.15, -0.1) is 0 Å². The van der Waals surface area contributed by atoms with Crippen LogP contribution in [0.2, 0.25) is 5.02 Å². The molecule has 3 aromatic heterocycles. The quantitative estimate of drug-likeness (QED) is 0.588. The summed E-state index contributed by atoms with van der Waals surface area (Å²) in [5.74, 6) is 0.279. The average Bonchev–Trinajstić information content (AvgIpc) is 2.64. The number of aromatic nitrogens is 4. The Morgan fingerprint density at radius 2 is 1.92 bits per heavy atom. The standard InChI is InChI=1S/C18H12ClN5O/c19-13-5-1-2-6-14(13)22-18-23-16-15(17(25)24-18)12(7-9-21-16)11-4-3-8-20-10-11/h1-10H,(H2,21,22,23,24,25). The lowest BCUT2D eigenvalue weighted by molar-refractivity contribution is 1.14. The highest BCUT2D eigenvalue weighted by molar-refractivity contribution is 6.33. The van der Waals surface area contributed by atoms with Gasteiger partial charge >= 0.3 is 0 Å². The molecule has 0 amide bonds. The van der Waals surface area contributed by atoms with Crippen LogP contribution in [0.5, 0.6) is 0 Å². The van der Waals surface area contributed by atoms with Crippen LogP contribution in [-0.2, 0) is 0 Å². The van der Waals surface area contributed by atoms with Gasteiger partial charge in [0.1, 0.15) is 0 Å². The Morgan fingerprint density at radius 1 is 1.04 bits per heavy atom. The second kappa shape index (κ2) is 6.33. The lowest BCUT2D eigenvalue weighted by atomic mass is 10.1. The molecule has 7 heteroatoms. The minimum Gasteiger partial charge on any atom is -0.324 e. The van der Waals surface area contributed by atoms with Crippen LogP contribution in [0.25, 0.3) is 22.2 Å². The first-order valence-corrected chi connectivity index (χ1v) is 7.91. The first-order chi connectivity index (χ1) is 12.2. The first kappa shape index (κ1) is 15.3. The van der Waals surface area contributed by atoms with E-state index in [1.54, 1.807) is 36.8 Å². The Labute approximate surface area is 147 Å². The summed E-state index contributed by atoms with van der Waals surface area (Å²) in [6.45, 7) is 0. The Balaban J connectivity index is 1.84. The molecule has 1 aromatic carbocycles. The van der Waals surface area contributed by atoms with Gasteiger partial charge in [-0.25, -0.2) is 4.98 Å². The molecule has 4 rings (SSSR count). The van der Waals surface area contributed by atoms with E-state index in [1.165, 1.54) is 0 Å². The number of halogens is 1. The summed E-state index contributed by atoms with van der Waals surface area (Å²) in [6.07, 6.45) is 5.00. The van der Waals surface area contributed by atoms with Gasteiger partial charge < -0.3 is 5.32 Å². The molecule has 2 N–H and O–H groups in total. The number of benzene rings is 1. The zero-order valence-electron chi connectivity index (χ0n) is 12.9. The Morgan fingerprint density at radius 3 is 2.72 bits per heavy atom. The molecule has 0 atom stereocenters. The maximum Gasteiger partial charge on any atom is 0.262 e. The normalized spacial score (nSPS) is 10.8. The number of nitrogens with zero attached hydrogens (tertiary/aromatic N) is 3. The van der Waals surface area contributed by atoms with Crippen molar-refractivity contribution in [3.63, 3.8) is 0 Å². The summed E-state index contributed by atoms with van der Waals surface area (Å²) >= 11 is 6.13. The third-order valence-corrected chi connectivity index (χ3v) is 4.04. The monoisotopic (exact) mass is 349 g/mol. The van der Waals surface area contributed by atoms with Gasteiger partial charge in [-0.05, 0) is 24.3 Å². The fraction of sp³-hybridized carbons (Fsp3) is 0. The van der Waals surface area contributed by atoms with Crippen molar-refractivity contribution in [2.75, 3.05) is 5.32 Å². The van der Waals surface area contributed by atoms with Crippen LogP contribution in [-0.4, -0.2) is 19.9 Å². The maximum atomic E-state index is 12.6. The number of aromatic amines is 1. The van der Waals surface area contributed by atoms with Crippen molar-refractivity contribution < 1.29 is 0 Å². The number of H-pyrrole nitrogens is 1. The minimum absolute atomic E-state index is 0.279. The Bertz CT molecular complexity index is 1110. The van der Waals surface area contributed by atoms with Crippen molar-refractivity contribution in [1.82, 2.24) is 19.9 Å². The maximum absolute atomic E-state index is 12.6. The molecule has 0 saturated carbocycles. The van der Waals surface area contributed by atoms with Gasteiger partial charge in [0.15, 0.2) is 5.65 Å². The van der Waals surface area contributed by atoms with E-state index in [9.17, 15) is 4.79 Å². The van der Waals surface area contributed by atoms with Gasteiger partial charge in [0.05, 0.1) is 16.1 Å². The lowest BCUT2D eigenvalue weighted by Gasteiger charge is -2.09. The summed E-state index contributed by atoms with van der Waals surface area (Å²) in [4.78, 5) is 28.1. The average molecular weight is 350 g/mol. The van der Waals surface area contributed by atoms with Gasteiger partial charge in [-0.2, -0.15) is 4.98 Å². The van der Waals surface area contributed by atoms with E-state index < -0.39 is 0 Å². The largest absolute Gasteiger partial charge is 0.324 e.